The van der Waals surface area contributed by atoms with E-state index in [1.165, 1.54) is 16.5 Å². The topological polar surface area (TPSA) is 91.3 Å². The van der Waals surface area contributed by atoms with Crippen LogP contribution in [0.1, 0.15) is 30.9 Å². The number of benzene rings is 2. The van der Waals surface area contributed by atoms with Crippen molar-refractivity contribution in [3.63, 3.8) is 0 Å². The molecule has 0 saturated carbocycles. The second kappa shape index (κ2) is 7.17. The third kappa shape index (κ3) is 2.89. The third-order valence-corrected chi connectivity index (χ3v) is 5.76. The van der Waals surface area contributed by atoms with Gasteiger partial charge in [0.25, 0.3) is 0 Å². The normalized spacial score (nSPS) is 13.6. The monoisotopic (exact) mass is 387 g/mol. The number of H-pyrrole nitrogens is 1. The molecule has 0 fully saturated rings. The summed E-state index contributed by atoms with van der Waals surface area (Å²) >= 11 is 0. The molecule has 0 aliphatic heterocycles. The molecule has 3 N–H and O–H groups in total. The first kappa shape index (κ1) is 18.2. The van der Waals surface area contributed by atoms with E-state index < -0.39 is 7.12 Å². The van der Waals surface area contributed by atoms with E-state index in [4.69, 9.17) is 9.72 Å². The maximum Gasteiger partial charge on any atom is 0.492 e. The van der Waals surface area contributed by atoms with E-state index in [1.807, 2.05) is 37.4 Å². The van der Waals surface area contributed by atoms with E-state index >= 15 is 0 Å². The molecule has 2 heterocycles. The standard InChI is InChI=1S/C22H22BN3O3/c1-2-29-22-15(8-5-9-17(22)23(27)28)21-14-7-4-3-6-13(14)20-16-12-24-26-18(16)10-11-19(20)25-21/h5,8-12,27-28H,2-4,6-7H2,1H3,(H,24,26). The molecule has 4 aromatic rings. The summed E-state index contributed by atoms with van der Waals surface area (Å²) in [5, 5.41) is 29.3. The molecule has 0 spiro atoms. The molecule has 0 radical (unpaired) electrons. The van der Waals surface area contributed by atoms with Crippen molar-refractivity contribution in [2.45, 2.75) is 32.6 Å². The highest BCUT2D eigenvalue weighted by atomic mass is 16.5. The number of para-hydroxylation sites is 1. The number of ether oxygens (including phenoxy) is 1. The number of hydrogen-bond acceptors (Lipinski definition) is 5. The zero-order valence-corrected chi connectivity index (χ0v) is 16.3. The quantitative estimate of drug-likeness (QED) is 0.469. The molecule has 146 valence electrons. The Labute approximate surface area is 168 Å². The van der Waals surface area contributed by atoms with Crippen LogP contribution in [-0.4, -0.2) is 39.0 Å². The highest BCUT2D eigenvalue weighted by molar-refractivity contribution is 6.60. The van der Waals surface area contributed by atoms with Crippen molar-refractivity contribution in [3.05, 3.63) is 47.7 Å². The van der Waals surface area contributed by atoms with Crippen LogP contribution in [0, 0.1) is 0 Å². The van der Waals surface area contributed by atoms with E-state index in [1.54, 1.807) is 6.07 Å². The van der Waals surface area contributed by atoms with E-state index in [-0.39, 0.29) is 0 Å². The van der Waals surface area contributed by atoms with E-state index in [9.17, 15) is 10.0 Å². The Balaban J connectivity index is 1.85. The van der Waals surface area contributed by atoms with Crippen molar-refractivity contribution in [3.8, 4) is 17.0 Å². The molecule has 1 aliphatic carbocycles. The van der Waals surface area contributed by atoms with Gasteiger partial charge in [-0.1, -0.05) is 12.1 Å². The molecule has 2 aromatic carbocycles. The Morgan fingerprint density at radius 3 is 2.72 bits per heavy atom. The fraction of sp³-hybridized carbons (Fsp3) is 0.273. The Hall–Kier alpha value is -2.90. The smallest absolute Gasteiger partial charge is 0.492 e. The van der Waals surface area contributed by atoms with Gasteiger partial charge < -0.3 is 14.8 Å². The minimum absolute atomic E-state index is 0.362. The number of pyridine rings is 1. The van der Waals surface area contributed by atoms with Crippen molar-refractivity contribution in [2.75, 3.05) is 6.61 Å². The molecule has 2 aromatic heterocycles. The average Bonchev–Trinajstić information content (AvgIpc) is 3.22. The Morgan fingerprint density at radius 2 is 1.93 bits per heavy atom. The van der Waals surface area contributed by atoms with Crippen molar-refractivity contribution in [1.29, 1.82) is 0 Å². The molecule has 5 rings (SSSR count). The molecule has 6 nitrogen and oxygen atoms in total. The van der Waals surface area contributed by atoms with Gasteiger partial charge in [-0.2, -0.15) is 5.10 Å². The highest BCUT2D eigenvalue weighted by Gasteiger charge is 2.26. The Bertz CT molecular complexity index is 1220. The molecule has 0 unspecified atom stereocenters. The summed E-state index contributed by atoms with van der Waals surface area (Å²) < 4.78 is 5.87. The minimum atomic E-state index is -1.60. The molecule has 7 heteroatoms. The number of aromatic nitrogens is 3. The molecule has 1 aliphatic rings. The van der Waals surface area contributed by atoms with Gasteiger partial charge in [0, 0.05) is 21.8 Å². The zero-order valence-electron chi connectivity index (χ0n) is 16.3. The van der Waals surface area contributed by atoms with Crippen LogP contribution in [0.4, 0.5) is 0 Å². The largest absolute Gasteiger partial charge is 0.494 e. The number of nitrogens with zero attached hydrogens (tertiary/aromatic N) is 2. The summed E-state index contributed by atoms with van der Waals surface area (Å²) in [5.41, 5.74) is 6.53. The number of rotatable bonds is 4. The fourth-order valence-electron chi connectivity index (χ4n) is 4.52. The lowest BCUT2D eigenvalue weighted by atomic mass is 9.77. The van der Waals surface area contributed by atoms with Gasteiger partial charge in [-0.3, -0.25) is 5.10 Å². The number of aromatic amines is 1. The van der Waals surface area contributed by atoms with Crippen molar-refractivity contribution in [2.24, 2.45) is 0 Å². The minimum Gasteiger partial charge on any atom is -0.494 e. The number of fused-ring (bicyclic) bond motifs is 5. The van der Waals surface area contributed by atoms with Crippen LogP contribution >= 0.6 is 0 Å². The average molecular weight is 387 g/mol. The molecular weight excluding hydrogens is 365 g/mol. The zero-order chi connectivity index (χ0) is 20.0. The van der Waals surface area contributed by atoms with Crippen LogP contribution in [-0.2, 0) is 12.8 Å². The summed E-state index contributed by atoms with van der Waals surface area (Å²) in [7, 11) is -1.60. The predicted octanol–water partition coefficient (Wildman–Crippen LogP) is 2.74. The maximum absolute atomic E-state index is 9.85. The fourth-order valence-corrected chi connectivity index (χ4v) is 4.52. The van der Waals surface area contributed by atoms with Crippen LogP contribution in [0.25, 0.3) is 33.1 Å². The number of hydrogen-bond donors (Lipinski definition) is 3. The van der Waals surface area contributed by atoms with Gasteiger partial charge >= 0.3 is 7.12 Å². The summed E-state index contributed by atoms with van der Waals surface area (Å²) in [6.07, 6.45) is 6.08. The Kier molecular flexibility index (Phi) is 4.49. The van der Waals surface area contributed by atoms with E-state index in [0.717, 1.165) is 53.4 Å². The lowest BCUT2D eigenvalue weighted by Gasteiger charge is -2.23. The second-order valence-electron chi connectivity index (χ2n) is 7.45. The lowest BCUT2D eigenvalue weighted by Crippen LogP contribution is -2.31. The van der Waals surface area contributed by atoms with E-state index in [2.05, 4.69) is 10.2 Å². The third-order valence-electron chi connectivity index (χ3n) is 5.76. The number of aryl methyl sites for hydroxylation is 1. The molecule has 0 saturated heterocycles. The number of nitrogens with one attached hydrogen (secondary N) is 1. The van der Waals surface area contributed by atoms with Gasteiger partial charge in [0.2, 0.25) is 0 Å². The molecular formula is C22H22BN3O3. The SMILES string of the molecule is CCOc1c(B(O)O)cccc1-c1nc2ccc3[nH]ncc3c2c2c1CCCC2. The summed E-state index contributed by atoms with van der Waals surface area (Å²) in [5.74, 6) is 0.494. The van der Waals surface area contributed by atoms with Crippen molar-refractivity contribution >= 4 is 34.4 Å². The molecule has 29 heavy (non-hydrogen) atoms. The van der Waals surface area contributed by atoms with E-state index in [0.29, 0.717) is 17.8 Å². The first-order chi connectivity index (χ1) is 14.2. The molecule has 0 atom stereocenters. The predicted molar refractivity (Wildman–Crippen MR) is 114 cm³/mol. The second-order valence-corrected chi connectivity index (χ2v) is 7.45. The van der Waals surface area contributed by atoms with Gasteiger partial charge in [0.1, 0.15) is 5.75 Å². The van der Waals surface area contributed by atoms with Crippen LogP contribution in [0.2, 0.25) is 0 Å². The van der Waals surface area contributed by atoms with Gasteiger partial charge in [-0.25, -0.2) is 4.98 Å². The summed E-state index contributed by atoms with van der Waals surface area (Å²) in [6, 6.07) is 9.50. The van der Waals surface area contributed by atoms with Crippen molar-refractivity contribution < 1.29 is 14.8 Å². The van der Waals surface area contributed by atoms with Gasteiger partial charge in [0.15, 0.2) is 0 Å². The van der Waals surface area contributed by atoms with Crippen LogP contribution in [0.3, 0.4) is 0 Å². The molecule has 0 amide bonds. The highest BCUT2D eigenvalue weighted by Crippen LogP contribution is 2.40. The first-order valence-electron chi connectivity index (χ1n) is 10.1. The van der Waals surface area contributed by atoms with Crippen LogP contribution in [0.5, 0.6) is 5.75 Å². The van der Waals surface area contributed by atoms with Crippen LogP contribution < -0.4 is 10.2 Å². The first-order valence-corrected chi connectivity index (χ1v) is 10.1. The van der Waals surface area contributed by atoms with Crippen LogP contribution in [0.15, 0.2) is 36.5 Å². The lowest BCUT2D eigenvalue weighted by molar-refractivity contribution is 0.341. The molecule has 0 bridgehead atoms. The van der Waals surface area contributed by atoms with Crippen molar-refractivity contribution in [1.82, 2.24) is 15.2 Å². The van der Waals surface area contributed by atoms with Gasteiger partial charge in [-0.15, -0.1) is 0 Å². The summed E-state index contributed by atoms with van der Waals surface area (Å²) in [4.78, 5) is 5.05. The Morgan fingerprint density at radius 1 is 1.10 bits per heavy atom. The van der Waals surface area contributed by atoms with Gasteiger partial charge in [0.05, 0.1) is 29.5 Å². The summed E-state index contributed by atoms with van der Waals surface area (Å²) in [6.45, 7) is 2.32. The van der Waals surface area contributed by atoms with Gasteiger partial charge in [-0.05, 0) is 61.9 Å². The maximum atomic E-state index is 9.85.